The van der Waals surface area contributed by atoms with E-state index in [1.165, 1.54) is 36.4 Å². The van der Waals surface area contributed by atoms with Crippen molar-refractivity contribution in [1.29, 1.82) is 0 Å². The molecule has 1 atom stereocenters. The predicted molar refractivity (Wildman–Crippen MR) is 133 cm³/mol. The Morgan fingerprint density at radius 3 is 2.66 bits per heavy atom. The van der Waals surface area contributed by atoms with Crippen LogP contribution in [0.4, 0.5) is 23.2 Å². The highest BCUT2D eigenvalue weighted by Gasteiger charge is 2.32. The molecule has 0 radical (unpaired) electrons. The molecule has 1 unspecified atom stereocenters. The lowest BCUT2D eigenvalue weighted by molar-refractivity contribution is -0.137. The van der Waals surface area contributed by atoms with Crippen molar-refractivity contribution in [2.75, 3.05) is 24.5 Å². The summed E-state index contributed by atoms with van der Waals surface area (Å²) in [5.74, 6) is -0.810. The number of carbonyl (C=O) groups excluding carboxylic acids is 2. The first-order valence-corrected chi connectivity index (χ1v) is 12.6. The Morgan fingerprint density at radius 1 is 1.08 bits per heavy atom. The van der Waals surface area contributed by atoms with Crippen LogP contribution in [0.1, 0.15) is 40.9 Å². The Bertz CT molecular complexity index is 1330. The number of nitrogens with one attached hydrogen (secondary N) is 2. The molecule has 2 amide bonds. The molecular formula is C28H27F4N3O3. The smallest absolute Gasteiger partial charge is 0.416 e. The van der Waals surface area contributed by atoms with Crippen LogP contribution in [-0.2, 0) is 17.4 Å². The van der Waals surface area contributed by atoms with Crippen LogP contribution in [0.15, 0.2) is 59.0 Å². The van der Waals surface area contributed by atoms with Gasteiger partial charge in [0, 0.05) is 30.9 Å². The molecule has 200 valence electrons. The summed E-state index contributed by atoms with van der Waals surface area (Å²) in [6, 6.07) is 11.4. The van der Waals surface area contributed by atoms with E-state index in [4.69, 9.17) is 4.42 Å². The zero-order valence-electron chi connectivity index (χ0n) is 20.5. The highest BCUT2D eigenvalue weighted by atomic mass is 19.4. The molecule has 1 aromatic heterocycles. The number of carbonyl (C=O) groups is 2. The van der Waals surface area contributed by atoms with Gasteiger partial charge in [-0.3, -0.25) is 9.59 Å². The summed E-state index contributed by atoms with van der Waals surface area (Å²) >= 11 is 0. The van der Waals surface area contributed by atoms with Crippen molar-refractivity contribution in [1.82, 2.24) is 10.6 Å². The minimum Gasteiger partial charge on any atom is -0.451 e. The van der Waals surface area contributed by atoms with Gasteiger partial charge in [-0.25, -0.2) is 4.39 Å². The van der Waals surface area contributed by atoms with Gasteiger partial charge in [0.2, 0.25) is 5.91 Å². The summed E-state index contributed by atoms with van der Waals surface area (Å²) in [6.07, 6.45) is -1.29. The lowest BCUT2D eigenvalue weighted by Gasteiger charge is -2.22. The molecule has 1 aliphatic heterocycles. The van der Waals surface area contributed by atoms with E-state index in [1.807, 2.05) is 0 Å². The summed E-state index contributed by atoms with van der Waals surface area (Å²) in [5, 5.41) is 5.61. The van der Waals surface area contributed by atoms with E-state index in [0.29, 0.717) is 25.4 Å². The Balaban J connectivity index is 1.19. The van der Waals surface area contributed by atoms with E-state index in [2.05, 4.69) is 15.5 Å². The van der Waals surface area contributed by atoms with Crippen molar-refractivity contribution >= 4 is 17.5 Å². The van der Waals surface area contributed by atoms with Crippen LogP contribution in [0.25, 0.3) is 11.3 Å². The third-order valence-corrected chi connectivity index (χ3v) is 6.91. The van der Waals surface area contributed by atoms with Crippen molar-refractivity contribution < 1.29 is 31.6 Å². The monoisotopic (exact) mass is 529 g/mol. The molecule has 38 heavy (non-hydrogen) atoms. The molecular weight excluding hydrogens is 502 g/mol. The maximum absolute atomic E-state index is 13.5. The Morgan fingerprint density at radius 2 is 1.89 bits per heavy atom. The van der Waals surface area contributed by atoms with E-state index in [-0.39, 0.29) is 28.8 Å². The maximum Gasteiger partial charge on any atom is 0.416 e. The molecule has 2 heterocycles. The van der Waals surface area contributed by atoms with Crippen LogP contribution in [0.2, 0.25) is 0 Å². The fourth-order valence-corrected chi connectivity index (χ4v) is 4.72. The first-order chi connectivity index (χ1) is 18.2. The third-order valence-electron chi connectivity index (χ3n) is 6.91. The van der Waals surface area contributed by atoms with Gasteiger partial charge in [-0.15, -0.1) is 0 Å². The van der Waals surface area contributed by atoms with Crippen LogP contribution in [0.3, 0.4) is 0 Å². The average molecular weight is 530 g/mol. The van der Waals surface area contributed by atoms with Crippen molar-refractivity contribution in [3.8, 4) is 11.3 Å². The topological polar surface area (TPSA) is 74.6 Å². The molecule has 5 rings (SSSR count). The van der Waals surface area contributed by atoms with Gasteiger partial charge < -0.3 is 20.0 Å². The van der Waals surface area contributed by atoms with Gasteiger partial charge in [-0.2, -0.15) is 13.2 Å². The van der Waals surface area contributed by atoms with Crippen molar-refractivity contribution in [2.45, 2.75) is 37.9 Å². The summed E-state index contributed by atoms with van der Waals surface area (Å²) < 4.78 is 58.2. The van der Waals surface area contributed by atoms with Crippen LogP contribution in [-0.4, -0.2) is 37.5 Å². The zero-order chi connectivity index (χ0) is 26.9. The maximum atomic E-state index is 13.5. The second-order valence-electron chi connectivity index (χ2n) is 9.75. The molecule has 10 heteroatoms. The minimum atomic E-state index is -4.50. The second-order valence-corrected chi connectivity index (χ2v) is 9.75. The molecule has 1 fully saturated rings. The summed E-state index contributed by atoms with van der Waals surface area (Å²) in [6.45, 7) is 1.64. The number of alkyl halides is 3. The molecule has 3 aromatic rings. The number of rotatable bonds is 9. The minimum absolute atomic E-state index is 0.0908. The number of nitrogens with zero attached hydrogens (tertiary/aromatic N) is 1. The number of hydrogen-bond acceptors (Lipinski definition) is 4. The van der Waals surface area contributed by atoms with Gasteiger partial charge in [0.15, 0.2) is 5.76 Å². The van der Waals surface area contributed by atoms with Gasteiger partial charge in [0.05, 0.1) is 5.56 Å². The van der Waals surface area contributed by atoms with E-state index in [9.17, 15) is 27.2 Å². The van der Waals surface area contributed by atoms with Gasteiger partial charge in [0.25, 0.3) is 5.91 Å². The van der Waals surface area contributed by atoms with Crippen molar-refractivity contribution in [3.05, 3.63) is 77.3 Å². The lowest BCUT2D eigenvalue weighted by atomic mass is 10.1. The quantitative estimate of drug-likeness (QED) is 0.375. The van der Waals surface area contributed by atoms with Gasteiger partial charge in [-0.1, -0.05) is 25.0 Å². The van der Waals surface area contributed by atoms with Gasteiger partial charge in [0.1, 0.15) is 17.6 Å². The number of hydrogen-bond donors (Lipinski definition) is 2. The normalized spacial score (nSPS) is 15.7. The van der Waals surface area contributed by atoms with Crippen molar-refractivity contribution in [2.24, 2.45) is 5.92 Å². The van der Waals surface area contributed by atoms with Crippen LogP contribution >= 0.6 is 0 Å². The number of halogens is 4. The van der Waals surface area contributed by atoms with Crippen LogP contribution in [0, 0.1) is 11.7 Å². The van der Waals surface area contributed by atoms with Gasteiger partial charge in [-0.05, 0) is 66.8 Å². The standard InChI is InChI=1S/C28H27F4N3O3/c29-21-6-7-23-18(16-21)10-12-35(23)13-11-33-26(36)22(14-17-4-5-17)34-27(37)25-9-8-24(38-25)19-2-1-3-20(15-19)28(30,31)32/h1-3,6-9,15-17,22H,4-5,10-14H2,(H,33,36)(H,34,37). The molecule has 1 aliphatic carbocycles. The molecule has 0 spiro atoms. The highest BCUT2D eigenvalue weighted by Crippen LogP contribution is 2.34. The highest BCUT2D eigenvalue weighted by molar-refractivity contribution is 5.96. The lowest BCUT2D eigenvalue weighted by Crippen LogP contribution is -2.48. The van der Waals surface area contributed by atoms with Crippen molar-refractivity contribution in [3.63, 3.8) is 0 Å². The molecule has 1 saturated carbocycles. The Hall–Kier alpha value is -3.82. The van der Waals surface area contributed by atoms with E-state index in [0.717, 1.165) is 49.2 Å². The molecule has 2 aliphatic rings. The zero-order valence-corrected chi connectivity index (χ0v) is 20.5. The average Bonchev–Trinajstić information content (AvgIpc) is 3.40. The fraction of sp³-hybridized carbons (Fsp3) is 0.357. The summed E-state index contributed by atoms with van der Waals surface area (Å²) in [7, 11) is 0. The molecule has 2 N–H and O–H groups in total. The first-order valence-electron chi connectivity index (χ1n) is 12.6. The number of fused-ring (bicyclic) bond motifs is 1. The number of furan rings is 1. The first kappa shape index (κ1) is 25.8. The van der Waals surface area contributed by atoms with E-state index in [1.54, 1.807) is 6.07 Å². The number of anilines is 1. The Kier molecular flexibility index (Phi) is 7.14. The van der Waals surface area contributed by atoms with Crippen LogP contribution in [0.5, 0.6) is 0 Å². The number of benzene rings is 2. The fourth-order valence-electron chi connectivity index (χ4n) is 4.72. The van der Waals surface area contributed by atoms with E-state index < -0.39 is 23.7 Å². The summed E-state index contributed by atoms with van der Waals surface area (Å²) in [5.41, 5.74) is 1.27. The van der Waals surface area contributed by atoms with Crippen LogP contribution < -0.4 is 15.5 Å². The molecule has 6 nitrogen and oxygen atoms in total. The van der Waals surface area contributed by atoms with Gasteiger partial charge >= 0.3 is 6.18 Å². The second kappa shape index (κ2) is 10.5. The summed E-state index contributed by atoms with van der Waals surface area (Å²) in [4.78, 5) is 27.9. The molecule has 0 bridgehead atoms. The predicted octanol–water partition coefficient (Wildman–Crippen LogP) is 5.18. The largest absolute Gasteiger partial charge is 0.451 e. The third kappa shape index (κ3) is 6.00. The molecule has 2 aromatic carbocycles. The number of amides is 2. The Labute approximate surface area is 217 Å². The molecule has 0 saturated heterocycles. The van der Waals surface area contributed by atoms with E-state index >= 15 is 0 Å². The SMILES string of the molecule is O=C(NC(CC1CC1)C(=O)NCCN1CCc2cc(F)ccc21)c1ccc(-c2cccc(C(F)(F)F)c2)o1.